The van der Waals surface area contributed by atoms with Gasteiger partial charge in [0.1, 0.15) is 11.6 Å². The lowest BCUT2D eigenvalue weighted by Crippen LogP contribution is -2.19. The summed E-state index contributed by atoms with van der Waals surface area (Å²) in [6.07, 6.45) is -0.647. The predicted molar refractivity (Wildman–Crippen MR) is 82.1 cm³/mol. The highest BCUT2D eigenvalue weighted by atomic mass is 19.1. The molecule has 2 aromatic rings. The van der Waals surface area contributed by atoms with Gasteiger partial charge in [-0.1, -0.05) is 18.2 Å². The molecule has 0 aliphatic heterocycles. The van der Waals surface area contributed by atoms with E-state index in [1.54, 1.807) is 20.1 Å². The zero-order chi connectivity index (χ0) is 15.4. The maximum Gasteiger partial charge on any atom is 0.126 e. The number of nitrogens with zero attached hydrogens (tertiary/aromatic N) is 1. The van der Waals surface area contributed by atoms with E-state index < -0.39 is 6.10 Å². The minimum atomic E-state index is -0.647. The summed E-state index contributed by atoms with van der Waals surface area (Å²) < 4.78 is 18.6. The van der Waals surface area contributed by atoms with Gasteiger partial charge in [0.05, 0.1) is 13.2 Å². The third kappa shape index (κ3) is 3.52. The first-order valence-corrected chi connectivity index (χ1v) is 6.83. The van der Waals surface area contributed by atoms with Gasteiger partial charge in [0.15, 0.2) is 0 Å². The largest absolute Gasteiger partial charge is 0.496 e. The number of hydrogen-bond donors (Lipinski definition) is 1. The van der Waals surface area contributed by atoms with Crippen LogP contribution in [0.2, 0.25) is 0 Å². The molecule has 0 radical (unpaired) electrons. The molecule has 0 amide bonds. The summed E-state index contributed by atoms with van der Waals surface area (Å²) in [5.41, 5.74) is 2.48. The molecule has 0 spiro atoms. The standard InChI is InChI=1S/C17H20FNO2/c1-12(20)17-15(8-5-9-16(17)21-3)19(2)11-13-6-4-7-14(18)10-13/h4-10,12,20H,11H2,1-3H3/t12-/m0/s1. The van der Waals surface area contributed by atoms with Gasteiger partial charge in [-0.15, -0.1) is 0 Å². The molecule has 3 nitrogen and oxygen atoms in total. The Kier molecular flexibility index (Phi) is 4.81. The lowest BCUT2D eigenvalue weighted by atomic mass is 10.1. The van der Waals surface area contributed by atoms with E-state index in [0.717, 1.165) is 16.8 Å². The quantitative estimate of drug-likeness (QED) is 0.914. The summed E-state index contributed by atoms with van der Waals surface area (Å²) in [5.74, 6) is 0.399. The lowest BCUT2D eigenvalue weighted by Gasteiger charge is -2.25. The molecule has 4 heteroatoms. The molecule has 21 heavy (non-hydrogen) atoms. The van der Waals surface area contributed by atoms with E-state index in [2.05, 4.69) is 0 Å². The van der Waals surface area contributed by atoms with Gasteiger partial charge in [-0.2, -0.15) is 0 Å². The number of hydrogen-bond acceptors (Lipinski definition) is 3. The van der Waals surface area contributed by atoms with Crippen molar-refractivity contribution < 1.29 is 14.2 Å². The number of benzene rings is 2. The molecule has 0 bridgehead atoms. The number of aliphatic hydroxyl groups is 1. The molecule has 0 saturated carbocycles. The molecule has 1 N–H and O–H groups in total. The molecule has 0 heterocycles. The first kappa shape index (κ1) is 15.3. The average molecular weight is 289 g/mol. The van der Waals surface area contributed by atoms with Gasteiger partial charge in [0, 0.05) is 24.8 Å². The van der Waals surface area contributed by atoms with Gasteiger partial charge in [0.2, 0.25) is 0 Å². The summed E-state index contributed by atoms with van der Waals surface area (Å²) in [6, 6.07) is 12.1. The number of aliphatic hydroxyl groups excluding tert-OH is 1. The van der Waals surface area contributed by atoms with E-state index in [4.69, 9.17) is 4.74 Å². The van der Waals surface area contributed by atoms with Crippen LogP contribution in [-0.4, -0.2) is 19.3 Å². The Labute approximate surface area is 124 Å². The molecule has 0 fully saturated rings. The van der Waals surface area contributed by atoms with Crippen LogP contribution in [0, 0.1) is 5.82 Å². The van der Waals surface area contributed by atoms with Crippen molar-refractivity contribution in [1.82, 2.24) is 0 Å². The maximum atomic E-state index is 13.3. The van der Waals surface area contributed by atoms with E-state index in [9.17, 15) is 9.50 Å². The molecule has 0 aromatic heterocycles. The maximum absolute atomic E-state index is 13.3. The number of rotatable bonds is 5. The van der Waals surface area contributed by atoms with Crippen LogP contribution in [0.25, 0.3) is 0 Å². The number of anilines is 1. The third-order valence-corrected chi connectivity index (χ3v) is 3.40. The van der Waals surface area contributed by atoms with Crippen molar-refractivity contribution in [3.05, 3.63) is 59.4 Å². The molecule has 0 unspecified atom stereocenters. The van der Waals surface area contributed by atoms with Gasteiger partial charge >= 0.3 is 0 Å². The van der Waals surface area contributed by atoms with Crippen LogP contribution in [0.1, 0.15) is 24.2 Å². The van der Waals surface area contributed by atoms with E-state index in [1.807, 2.05) is 36.2 Å². The number of ether oxygens (including phenoxy) is 1. The van der Waals surface area contributed by atoms with E-state index >= 15 is 0 Å². The second-order valence-corrected chi connectivity index (χ2v) is 5.06. The van der Waals surface area contributed by atoms with Crippen LogP contribution in [-0.2, 0) is 6.54 Å². The summed E-state index contributed by atoms with van der Waals surface area (Å²) in [7, 11) is 3.49. The minimum Gasteiger partial charge on any atom is -0.496 e. The van der Waals surface area contributed by atoms with Crippen LogP contribution >= 0.6 is 0 Å². The first-order chi connectivity index (χ1) is 10.0. The smallest absolute Gasteiger partial charge is 0.126 e. The van der Waals surface area contributed by atoms with Crippen molar-refractivity contribution in [2.75, 3.05) is 19.1 Å². The predicted octanol–water partition coefficient (Wildman–Crippen LogP) is 3.52. The van der Waals surface area contributed by atoms with Gasteiger partial charge in [-0.3, -0.25) is 0 Å². The fraction of sp³-hybridized carbons (Fsp3) is 0.294. The van der Waals surface area contributed by atoms with E-state index in [-0.39, 0.29) is 5.82 Å². The molecular formula is C17H20FNO2. The number of halogens is 1. The van der Waals surface area contributed by atoms with Crippen LogP contribution in [0.4, 0.5) is 10.1 Å². The van der Waals surface area contributed by atoms with Crippen molar-refractivity contribution in [1.29, 1.82) is 0 Å². The van der Waals surface area contributed by atoms with Crippen LogP contribution in [0.5, 0.6) is 5.75 Å². The monoisotopic (exact) mass is 289 g/mol. The summed E-state index contributed by atoms with van der Waals surface area (Å²) in [6.45, 7) is 2.25. The Hall–Kier alpha value is -2.07. The highest BCUT2D eigenvalue weighted by Crippen LogP contribution is 2.34. The SMILES string of the molecule is COc1cccc(N(C)Cc2cccc(F)c2)c1[C@H](C)O. The Morgan fingerprint density at radius 2 is 1.95 bits per heavy atom. The van der Waals surface area contributed by atoms with Crippen molar-refractivity contribution in [3.63, 3.8) is 0 Å². The first-order valence-electron chi connectivity index (χ1n) is 6.83. The fourth-order valence-electron chi connectivity index (χ4n) is 2.46. The number of methoxy groups -OCH3 is 1. The van der Waals surface area contributed by atoms with Crippen molar-refractivity contribution >= 4 is 5.69 Å². The Bertz CT molecular complexity index is 613. The summed E-state index contributed by atoms with van der Waals surface area (Å²) in [5, 5.41) is 10.0. The molecule has 0 aliphatic rings. The average Bonchev–Trinajstić information content (AvgIpc) is 2.46. The normalized spacial score (nSPS) is 12.0. The molecular weight excluding hydrogens is 269 g/mol. The second-order valence-electron chi connectivity index (χ2n) is 5.06. The van der Waals surface area contributed by atoms with Crippen LogP contribution in [0.3, 0.4) is 0 Å². The molecule has 112 valence electrons. The highest BCUT2D eigenvalue weighted by molar-refractivity contribution is 5.60. The van der Waals surface area contributed by atoms with E-state index in [1.165, 1.54) is 12.1 Å². The zero-order valence-electron chi connectivity index (χ0n) is 12.5. The van der Waals surface area contributed by atoms with Gasteiger partial charge in [0.25, 0.3) is 0 Å². The van der Waals surface area contributed by atoms with Crippen molar-refractivity contribution in [2.24, 2.45) is 0 Å². The molecule has 1 atom stereocenters. The zero-order valence-corrected chi connectivity index (χ0v) is 12.5. The van der Waals surface area contributed by atoms with Gasteiger partial charge in [-0.05, 0) is 36.8 Å². The molecule has 0 saturated heterocycles. The minimum absolute atomic E-state index is 0.248. The Morgan fingerprint density at radius 3 is 2.57 bits per heavy atom. The summed E-state index contributed by atoms with van der Waals surface area (Å²) >= 11 is 0. The van der Waals surface area contributed by atoms with Crippen LogP contribution in [0.15, 0.2) is 42.5 Å². The van der Waals surface area contributed by atoms with Crippen molar-refractivity contribution in [3.8, 4) is 5.75 Å². The Balaban J connectivity index is 2.32. The lowest BCUT2D eigenvalue weighted by molar-refractivity contribution is 0.194. The fourth-order valence-corrected chi connectivity index (χ4v) is 2.46. The topological polar surface area (TPSA) is 32.7 Å². The summed E-state index contributed by atoms with van der Waals surface area (Å²) in [4.78, 5) is 1.97. The van der Waals surface area contributed by atoms with E-state index in [0.29, 0.717) is 12.3 Å². The van der Waals surface area contributed by atoms with Gasteiger partial charge in [-0.25, -0.2) is 4.39 Å². The second kappa shape index (κ2) is 6.59. The van der Waals surface area contributed by atoms with Gasteiger partial charge < -0.3 is 14.7 Å². The molecule has 0 aliphatic carbocycles. The Morgan fingerprint density at radius 1 is 1.24 bits per heavy atom. The highest BCUT2D eigenvalue weighted by Gasteiger charge is 2.17. The van der Waals surface area contributed by atoms with Crippen LogP contribution < -0.4 is 9.64 Å². The van der Waals surface area contributed by atoms with Crippen molar-refractivity contribution in [2.45, 2.75) is 19.6 Å². The molecule has 2 aromatic carbocycles. The third-order valence-electron chi connectivity index (χ3n) is 3.40. The molecule has 2 rings (SSSR count).